The van der Waals surface area contributed by atoms with Crippen LogP contribution in [-0.2, 0) is 29.7 Å². The lowest BCUT2D eigenvalue weighted by Gasteiger charge is -2.69. The molecular weight excluding hydrogens is 458 g/mol. The number of likely N-dealkylation sites (tertiary alicyclic amines) is 1. The molecule has 6 aliphatic rings. The van der Waals surface area contributed by atoms with E-state index in [2.05, 4.69) is 83.8 Å². The molecule has 2 spiro atoms. The van der Waals surface area contributed by atoms with Crippen LogP contribution in [0, 0.1) is 5.41 Å². The molecule has 9 rings (SSSR count). The number of nitrogens with zero attached hydrogens (tertiary/aromatic N) is 1. The Hall–Kier alpha value is -3.08. The van der Waals surface area contributed by atoms with Gasteiger partial charge in [0.15, 0.2) is 11.5 Å². The molecule has 5 atom stereocenters. The number of hydrogen-bond acceptors (Lipinski definition) is 4. The number of rotatable bonds is 6. The molecule has 4 aliphatic carbocycles. The average molecular weight is 492 g/mol. The van der Waals surface area contributed by atoms with Crippen LogP contribution in [0.15, 0.2) is 84.9 Å². The quantitative estimate of drug-likeness (QED) is 0.406. The second-order valence-electron chi connectivity index (χ2n) is 11.6. The lowest BCUT2D eigenvalue weighted by atomic mass is 9.39. The van der Waals surface area contributed by atoms with Crippen molar-refractivity contribution in [3.8, 4) is 11.5 Å². The predicted molar refractivity (Wildman–Crippen MR) is 143 cm³/mol. The SMILES string of the molecule is CO[C@]12C=C[C@@]3(CC1)[C@H]1Cc4ccc(OCc5ccccc5)c5c4[C@@]3(CCN1Cc1ccccc1)[C@H]2O5. The second kappa shape index (κ2) is 7.72. The van der Waals surface area contributed by atoms with Crippen molar-refractivity contribution in [2.75, 3.05) is 13.7 Å². The van der Waals surface area contributed by atoms with Gasteiger partial charge in [0, 0.05) is 30.7 Å². The van der Waals surface area contributed by atoms with Crippen LogP contribution in [0.2, 0.25) is 0 Å². The van der Waals surface area contributed by atoms with E-state index >= 15 is 0 Å². The number of hydrogen-bond donors (Lipinski definition) is 0. The Kier molecular flexibility index (Phi) is 4.58. The van der Waals surface area contributed by atoms with Crippen LogP contribution in [0.1, 0.15) is 41.5 Å². The third-order valence-electron chi connectivity index (χ3n) is 10.3. The Bertz CT molecular complexity index is 1390. The summed E-state index contributed by atoms with van der Waals surface area (Å²) in [6.07, 6.45) is 9.18. The Labute approximate surface area is 218 Å². The molecule has 0 aromatic heterocycles. The van der Waals surface area contributed by atoms with Gasteiger partial charge in [-0.3, -0.25) is 4.90 Å². The van der Waals surface area contributed by atoms with Crippen LogP contribution in [0.5, 0.6) is 11.5 Å². The maximum atomic E-state index is 7.05. The van der Waals surface area contributed by atoms with Crippen molar-refractivity contribution in [3.63, 3.8) is 0 Å². The van der Waals surface area contributed by atoms with Gasteiger partial charge in [-0.15, -0.1) is 0 Å². The molecule has 1 saturated heterocycles. The first-order chi connectivity index (χ1) is 18.2. The molecule has 37 heavy (non-hydrogen) atoms. The highest BCUT2D eigenvalue weighted by Gasteiger charge is 2.77. The fourth-order valence-corrected chi connectivity index (χ4v) is 8.69. The molecule has 2 aliphatic heterocycles. The van der Waals surface area contributed by atoms with Crippen molar-refractivity contribution < 1.29 is 14.2 Å². The normalized spacial score (nSPS) is 34.2. The predicted octanol–water partition coefficient (Wildman–Crippen LogP) is 5.83. The summed E-state index contributed by atoms with van der Waals surface area (Å²) >= 11 is 0. The Morgan fingerprint density at radius 3 is 2.41 bits per heavy atom. The van der Waals surface area contributed by atoms with Gasteiger partial charge < -0.3 is 14.2 Å². The van der Waals surface area contributed by atoms with Gasteiger partial charge in [0.2, 0.25) is 0 Å². The maximum absolute atomic E-state index is 7.05. The summed E-state index contributed by atoms with van der Waals surface area (Å²) in [4.78, 5) is 2.76. The molecule has 3 aromatic rings. The van der Waals surface area contributed by atoms with Crippen LogP contribution in [0.3, 0.4) is 0 Å². The van der Waals surface area contributed by atoms with E-state index in [4.69, 9.17) is 14.2 Å². The number of methoxy groups -OCH3 is 1. The summed E-state index contributed by atoms with van der Waals surface area (Å²) in [6, 6.07) is 26.3. The summed E-state index contributed by atoms with van der Waals surface area (Å²) in [6.45, 7) is 2.61. The molecular formula is C33H33NO3. The minimum atomic E-state index is -0.377. The van der Waals surface area contributed by atoms with Crippen LogP contribution < -0.4 is 9.47 Å². The monoisotopic (exact) mass is 491 g/mol. The van der Waals surface area contributed by atoms with Gasteiger partial charge in [-0.05, 0) is 55.0 Å². The number of fused-ring (bicyclic) bond motifs is 1. The maximum Gasteiger partial charge on any atom is 0.166 e. The zero-order valence-corrected chi connectivity index (χ0v) is 21.4. The zero-order chi connectivity index (χ0) is 24.7. The minimum Gasteiger partial charge on any atom is -0.485 e. The Balaban J connectivity index is 1.25. The zero-order valence-electron chi connectivity index (χ0n) is 21.4. The van der Waals surface area contributed by atoms with Gasteiger partial charge >= 0.3 is 0 Å². The van der Waals surface area contributed by atoms with Crippen LogP contribution >= 0.6 is 0 Å². The van der Waals surface area contributed by atoms with Crippen LogP contribution in [0.4, 0.5) is 0 Å². The second-order valence-corrected chi connectivity index (χ2v) is 11.6. The molecule has 2 fully saturated rings. The topological polar surface area (TPSA) is 30.9 Å². The van der Waals surface area contributed by atoms with Gasteiger partial charge in [-0.25, -0.2) is 0 Å². The van der Waals surface area contributed by atoms with E-state index in [9.17, 15) is 0 Å². The molecule has 4 nitrogen and oxygen atoms in total. The molecule has 4 heteroatoms. The first kappa shape index (κ1) is 22.0. The molecule has 4 bridgehead atoms. The van der Waals surface area contributed by atoms with Gasteiger partial charge in [-0.2, -0.15) is 0 Å². The van der Waals surface area contributed by atoms with Gasteiger partial charge in [-0.1, -0.05) is 78.9 Å². The lowest BCUT2D eigenvalue weighted by molar-refractivity contribution is -0.190. The lowest BCUT2D eigenvalue weighted by Crippen LogP contribution is -2.76. The van der Waals surface area contributed by atoms with E-state index in [-0.39, 0.29) is 22.5 Å². The summed E-state index contributed by atoms with van der Waals surface area (Å²) in [7, 11) is 1.87. The molecule has 0 N–H and O–H groups in total. The molecule has 1 saturated carbocycles. The van der Waals surface area contributed by atoms with Gasteiger partial charge in [0.1, 0.15) is 18.3 Å². The molecule has 0 amide bonds. The van der Waals surface area contributed by atoms with E-state index in [1.54, 1.807) is 0 Å². The smallest absolute Gasteiger partial charge is 0.166 e. The van der Waals surface area contributed by atoms with Crippen molar-refractivity contribution in [3.05, 3.63) is 107 Å². The summed E-state index contributed by atoms with van der Waals surface area (Å²) in [5.41, 5.74) is 5.03. The van der Waals surface area contributed by atoms with Crippen molar-refractivity contribution in [2.24, 2.45) is 5.41 Å². The molecule has 188 valence electrons. The van der Waals surface area contributed by atoms with E-state index in [0.29, 0.717) is 12.6 Å². The molecule has 2 heterocycles. The van der Waals surface area contributed by atoms with Crippen molar-refractivity contribution in [2.45, 2.75) is 62.0 Å². The van der Waals surface area contributed by atoms with Gasteiger partial charge in [0.25, 0.3) is 0 Å². The van der Waals surface area contributed by atoms with E-state index in [1.807, 2.05) is 13.2 Å². The fourth-order valence-electron chi connectivity index (χ4n) is 8.69. The van der Waals surface area contributed by atoms with E-state index in [1.165, 1.54) is 22.3 Å². The highest BCUT2D eigenvalue weighted by Crippen LogP contribution is 2.73. The van der Waals surface area contributed by atoms with Crippen LogP contribution in [-0.4, -0.2) is 36.3 Å². The van der Waals surface area contributed by atoms with E-state index in [0.717, 1.165) is 50.3 Å². The van der Waals surface area contributed by atoms with Gasteiger partial charge in [0.05, 0.1) is 5.41 Å². The highest BCUT2D eigenvalue weighted by molar-refractivity contribution is 5.65. The Morgan fingerprint density at radius 1 is 0.892 bits per heavy atom. The average Bonchev–Trinajstić information content (AvgIpc) is 3.33. The van der Waals surface area contributed by atoms with Crippen molar-refractivity contribution in [1.29, 1.82) is 0 Å². The molecule has 0 radical (unpaired) electrons. The highest BCUT2D eigenvalue weighted by atomic mass is 16.6. The third-order valence-corrected chi connectivity index (χ3v) is 10.3. The summed E-state index contributed by atoms with van der Waals surface area (Å²) in [5, 5.41) is 0. The molecule has 3 aromatic carbocycles. The Morgan fingerprint density at radius 2 is 1.68 bits per heavy atom. The standard InChI is InChI=1S/C33H33NO3/c1-35-32-16-14-31(15-17-32)27-20-25-12-13-26(36-22-24-10-6-3-7-11-24)29-28(25)33(31,30(32)37-29)18-19-34(27)21-23-8-4-2-5-9-23/h2-14,16,27,30H,15,17-22H2,1H3/t27-,30+,31-,32-,33+/m1/s1. The summed E-state index contributed by atoms with van der Waals surface area (Å²) < 4.78 is 19.8. The van der Waals surface area contributed by atoms with Crippen LogP contribution in [0.25, 0.3) is 0 Å². The van der Waals surface area contributed by atoms with E-state index < -0.39 is 0 Å². The fraction of sp³-hybridized carbons (Fsp3) is 0.394. The first-order valence-electron chi connectivity index (χ1n) is 13.7. The largest absolute Gasteiger partial charge is 0.485 e. The third kappa shape index (κ3) is 2.75. The number of piperidine rings is 1. The first-order valence-corrected chi connectivity index (χ1v) is 13.7. The van der Waals surface area contributed by atoms with Crippen molar-refractivity contribution >= 4 is 0 Å². The number of ether oxygens (including phenoxy) is 3. The minimum absolute atomic E-state index is 0.0133. The number of benzene rings is 3. The van der Waals surface area contributed by atoms with Crippen molar-refractivity contribution in [1.82, 2.24) is 4.90 Å². The summed E-state index contributed by atoms with van der Waals surface area (Å²) in [5.74, 6) is 1.85. The molecule has 0 unspecified atom stereocenters.